The Morgan fingerprint density at radius 3 is 1.22 bits per heavy atom. The third kappa shape index (κ3) is 21.7. The van der Waals surface area contributed by atoms with E-state index in [0.717, 1.165) is 25.7 Å². The van der Waals surface area contributed by atoms with E-state index in [9.17, 15) is 26.3 Å². The fraction of sp³-hybridized carbons (Fsp3) is 1.00. The molecule has 0 saturated heterocycles. The Labute approximate surface area is 159 Å². The number of rotatable bonds is 17. The van der Waals surface area contributed by atoms with Crippen molar-refractivity contribution in [2.24, 2.45) is 0 Å². The van der Waals surface area contributed by atoms with E-state index in [1.807, 2.05) is 0 Å². The van der Waals surface area contributed by atoms with Crippen molar-refractivity contribution in [1.29, 1.82) is 0 Å². The highest BCUT2D eigenvalue weighted by Gasteiger charge is 2.32. The van der Waals surface area contributed by atoms with E-state index in [0.29, 0.717) is 6.42 Å². The van der Waals surface area contributed by atoms with E-state index in [1.165, 1.54) is 44.9 Å². The van der Waals surface area contributed by atoms with Gasteiger partial charge < -0.3 is 9.47 Å². The fourth-order valence-corrected chi connectivity index (χ4v) is 2.74. The first-order chi connectivity index (χ1) is 12.6. The maximum Gasteiger partial charge on any atom is 0.411 e. The summed E-state index contributed by atoms with van der Waals surface area (Å²) in [5.41, 5.74) is 0. The Kier molecular flexibility index (Phi) is 15.1. The second kappa shape index (κ2) is 15.4. The number of unbranched alkanes of at least 4 members (excludes halogenated alkanes) is 11. The molecule has 8 heteroatoms. The third-order valence-corrected chi connectivity index (χ3v) is 4.16. The van der Waals surface area contributed by atoms with Gasteiger partial charge in [-0.3, -0.25) is 0 Å². The van der Waals surface area contributed by atoms with Crippen LogP contribution in [-0.4, -0.2) is 31.9 Å². The average Bonchev–Trinajstić information content (AvgIpc) is 2.55. The van der Waals surface area contributed by atoms with Gasteiger partial charge in [0.1, 0.15) is 13.2 Å². The molecule has 0 bridgehead atoms. The minimum atomic E-state index is -4.59. The lowest BCUT2D eigenvalue weighted by molar-refractivity contribution is -0.260. The van der Waals surface area contributed by atoms with Crippen LogP contribution in [0.1, 0.15) is 90.4 Å². The van der Waals surface area contributed by atoms with Gasteiger partial charge in [-0.2, -0.15) is 26.3 Å². The minimum absolute atomic E-state index is 0.0313. The molecule has 0 aromatic rings. The standard InChI is InChI=1S/C19H34F6O2/c1-2-3-4-5-6-7-8-9-10-11-12-13-14-17(26-15-18(20,21)22)27-16-19(23,24)25/h17H,2-16H2,1H3. The second-order valence-electron chi connectivity index (χ2n) is 6.96. The first-order valence-electron chi connectivity index (χ1n) is 10.0. The lowest BCUT2D eigenvalue weighted by Gasteiger charge is -2.20. The molecule has 0 unspecified atom stereocenters. The molecule has 0 amide bonds. The van der Waals surface area contributed by atoms with Crippen molar-refractivity contribution in [3.63, 3.8) is 0 Å². The molecule has 0 radical (unpaired) electrons. The van der Waals surface area contributed by atoms with Gasteiger partial charge >= 0.3 is 12.4 Å². The van der Waals surface area contributed by atoms with Gasteiger partial charge in [0.2, 0.25) is 0 Å². The van der Waals surface area contributed by atoms with Crippen LogP contribution in [-0.2, 0) is 9.47 Å². The third-order valence-electron chi connectivity index (χ3n) is 4.16. The molecule has 0 aromatic carbocycles. The van der Waals surface area contributed by atoms with Crippen molar-refractivity contribution >= 4 is 0 Å². The molecule has 0 aromatic heterocycles. The fourth-order valence-electron chi connectivity index (χ4n) is 2.74. The first kappa shape index (κ1) is 26.5. The Bertz CT molecular complexity index is 313. The lowest BCUT2D eigenvalue weighted by atomic mass is 10.0. The van der Waals surface area contributed by atoms with Crippen LogP contribution in [0.15, 0.2) is 0 Å². The second-order valence-corrected chi connectivity index (χ2v) is 6.96. The van der Waals surface area contributed by atoms with Gasteiger partial charge in [0.05, 0.1) is 0 Å². The number of hydrogen-bond acceptors (Lipinski definition) is 2. The summed E-state index contributed by atoms with van der Waals surface area (Å²) < 4.78 is 81.9. The van der Waals surface area contributed by atoms with E-state index in [-0.39, 0.29) is 6.42 Å². The topological polar surface area (TPSA) is 18.5 Å². The molecule has 0 rings (SSSR count). The van der Waals surface area contributed by atoms with Gasteiger partial charge in [-0.15, -0.1) is 0 Å². The van der Waals surface area contributed by atoms with E-state index < -0.39 is 31.9 Å². The summed E-state index contributed by atoms with van der Waals surface area (Å²) in [6.07, 6.45) is 2.45. The summed E-state index contributed by atoms with van der Waals surface area (Å²) >= 11 is 0. The Balaban J connectivity index is 3.73. The summed E-state index contributed by atoms with van der Waals surface area (Å²) in [4.78, 5) is 0. The predicted octanol–water partition coefficient (Wildman–Crippen LogP) is 7.56. The monoisotopic (exact) mass is 408 g/mol. The maximum atomic E-state index is 12.2. The van der Waals surface area contributed by atoms with Crippen LogP contribution in [0.2, 0.25) is 0 Å². The van der Waals surface area contributed by atoms with Crippen molar-refractivity contribution in [2.75, 3.05) is 13.2 Å². The molecule has 0 spiro atoms. The maximum absolute atomic E-state index is 12.2. The average molecular weight is 408 g/mol. The zero-order valence-electron chi connectivity index (χ0n) is 16.3. The summed E-state index contributed by atoms with van der Waals surface area (Å²) in [6.45, 7) is -1.02. The van der Waals surface area contributed by atoms with E-state index in [1.54, 1.807) is 0 Å². The number of ether oxygens (including phenoxy) is 2. The van der Waals surface area contributed by atoms with Gasteiger partial charge in [0.25, 0.3) is 0 Å². The highest BCUT2D eigenvalue weighted by molar-refractivity contribution is 4.55. The van der Waals surface area contributed by atoms with Crippen LogP contribution < -0.4 is 0 Å². The van der Waals surface area contributed by atoms with Gasteiger partial charge in [0, 0.05) is 0 Å². The van der Waals surface area contributed by atoms with E-state index in [4.69, 9.17) is 0 Å². The molecule has 0 atom stereocenters. The number of halogens is 6. The molecule has 164 valence electrons. The quantitative estimate of drug-likeness (QED) is 0.140. The van der Waals surface area contributed by atoms with E-state index >= 15 is 0 Å². The first-order valence-corrected chi connectivity index (χ1v) is 10.0. The van der Waals surface area contributed by atoms with Crippen molar-refractivity contribution in [1.82, 2.24) is 0 Å². The summed E-state index contributed by atoms with van der Waals surface area (Å²) in [7, 11) is 0. The summed E-state index contributed by atoms with van der Waals surface area (Å²) in [5.74, 6) is 0. The van der Waals surface area contributed by atoms with Gasteiger partial charge in [-0.1, -0.05) is 77.6 Å². The van der Waals surface area contributed by atoms with Crippen LogP contribution in [0.5, 0.6) is 0 Å². The molecular formula is C19H34F6O2. The van der Waals surface area contributed by atoms with Gasteiger partial charge in [0.15, 0.2) is 6.29 Å². The molecule has 0 heterocycles. The number of alkyl halides is 6. The molecule has 0 fully saturated rings. The molecule has 0 saturated carbocycles. The smallest absolute Gasteiger partial charge is 0.343 e. The highest BCUT2D eigenvalue weighted by atomic mass is 19.4. The molecule has 27 heavy (non-hydrogen) atoms. The molecular weight excluding hydrogens is 374 g/mol. The Hall–Kier alpha value is -0.500. The summed E-state index contributed by atoms with van der Waals surface area (Å²) in [5, 5.41) is 0. The van der Waals surface area contributed by atoms with Crippen LogP contribution in [0, 0.1) is 0 Å². The van der Waals surface area contributed by atoms with Crippen LogP contribution >= 0.6 is 0 Å². The van der Waals surface area contributed by atoms with Gasteiger partial charge in [-0.05, 0) is 12.8 Å². The molecule has 0 aliphatic carbocycles. The van der Waals surface area contributed by atoms with Crippen LogP contribution in [0.25, 0.3) is 0 Å². The van der Waals surface area contributed by atoms with Crippen LogP contribution in [0.3, 0.4) is 0 Å². The Morgan fingerprint density at radius 2 is 0.889 bits per heavy atom. The predicted molar refractivity (Wildman–Crippen MR) is 93.5 cm³/mol. The number of hydrogen-bond donors (Lipinski definition) is 0. The van der Waals surface area contributed by atoms with Crippen molar-refractivity contribution < 1.29 is 35.8 Å². The van der Waals surface area contributed by atoms with Crippen molar-refractivity contribution in [2.45, 2.75) is 109 Å². The SMILES string of the molecule is CCCCCCCCCCCCCCC(OCC(F)(F)F)OCC(F)(F)F. The Morgan fingerprint density at radius 1 is 0.556 bits per heavy atom. The van der Waals surface area contributed by atoms with Crippen molar-refractivity contribution in [3.8, 4) is 0 Å². The zero-order chi connectivity index (χ0) is 20.6. The van der Waals surface area contributed by atoms with Crippen molar-refractivity contribution in [3.05, 3.63) is 0 Å². The molecule has 2 nitrogen and oxygen atoms in total. The molecule has 0 aliphatic rings. The largest absolute Gasteiger partial charge is 0.411 e. The molecule has 0 aliphatic heterocycles. The highest BCUT2D eigenvalue weighted by Crippen LogP contribution is 2.21. The van der Waals surface area contributed by atoms with E-state index in [2.05, 4.69) is 16.4 Å². The molecule has 0 N–H and O–H groups in total. The van der Waals surface area contributed by atoms with Gasteiger partial charge in [-0.25, -0.2) is 0 Å². The zero-order valence-corrected chi connectivity index (χ0v) is 16.3. The summed E-state index contributed by atoms with van der Waals surface area (Å²) in [6, 6.07) is 0. The lowest BCUT2D eigenvalue weighted by Crippen LogP contribution is -2.29. The normalized spacial score (nSPS) is 12.9. The minimum Gasteiger partial charge on any atom is -0.343 e. The van der Waals surface area contributed by atoms with Crippen LogP contribution in [0.4, 0.5) is 26.3 Å².